The zero-order valence-corrected chi connectivity index (χ0v) is 26.3. The van der Waals surface area contributed by atoms with E-state index in [4.69, 9.17) is 5.73 Å². The summed E-state index contributed by atoms with van der Waals surface area (Å²) >= 11 is 0. The highest BCUT2D eigenvalue weighted by molar-refractivity contribution is 6.06. The molecule has 1 aliphatic heterocycles. The molecule has 9 nitrogen and oxygen atoms in total. The molecule has 0 radical (unpaired) electrons. The lowest BCUT2D eigenvalue weighted by molar-refractivity contribution is -0.140. The van der Waals surface area contributed by atoms with Crippen molar-refractivity contribution in [3.63, 3.8) is 0 Å². The van der Waals surface area contributed by atoms with Gasteiger partial charge in [-0.3, -0.25) is 19.2 Å². The van der Waals surface area contributed by atoms with Crippen molar-refractivity contribution in [2.24, 2.45) is 5.73 Å². The number of alkyl halides is 6. The van der Waals surface area contributed by atoms with Gasteiger partial charge in [0.1, 0.15) is 5.82 Å². The molecule has 0 saturated carbocycles. The first-order valence-corrected chi connectivity index (χ1v) is 14.9. The number of primary amides is 1. The molecule has 0 fully saturated rings. The van der Waals surface area contributed by atoms with Crippen molar-refractivity contribution in [2.75, 3.05) is 45.6 Å². The molecule has 3 N–H and O–H groups in total. The van der Waals surface area contributed by atoms with E-state index in [-0.39, 0.29) is 43.7 Å². The van der Waals surface area contributed by atoms with Crippen LogP contribution in [0.2, 0.25) is 0 Å². The smallest absolute Gasteiger partial charge is 0.368 e. The quantitative estimate of drug-likeness (QED) is 0.271. The number of likely N-dealkylation sites (N-methyl/N-ethyl adjacent to an activating group) is 1. The summed E-state index contributed by atoms with van der Waals surface area (Å²) in [6, 6.07) is 9.69. The molecular formula is C33H32F7N5O4. The number of carbonyl (C=O) groups excluding carboxylic acids is 4. The molecule has 1 atom stereocenters. The molecule has 3 aromatic carbocycles. The Morgan fingerprint density at radius 1 is 0.939 bits per heavy atom. The Morgan fingerprint density at radius 2 is 1.61 bits per heavy atom. The summed E-state index contributed by atoms with van der Waals surface area (Å²) < 4.78 is 94.0. The van der Waals surface area contributed by atoms with E-state index in [0.717, 1.165) is 24.3 Å². The van der Waals surface area contributed by atoms with Crippen molar-refractivity contribution in [3.8, 4) is 0 Å². The van der Waals surface area contributed by atoms with Crippen molar-refractivity contribution in [1.82, 2.24) is 14.7 Å². The van der Waals surface area contributed by atoms with Crippen LogP contribution in [0.5, 0.6) is 0 Å². The van der Waals surface area contributed by atoms with Crippen molar-refractivity contribution in [3.05, 3.63) is 99.9 Å². The van der Waals surface area contributed by atoms with E-state index < -0.39 is 64.5 Å². The number of fused-ring (bicyclic) bond motifs is 1. The molecule has 16 heteroatoms. The Kier molecular flexibility index (Phi) is 11.0. The van der Waals surface area contributed by atoms with Gasteiger partial charge in [-0.15, -0.1) is 0 Å². The predicted molar refractivity (Wildman–Crippen MR) is 164 cm³/mol. The molecule has 0 bridgehead atoms. The minimum Gasteiger partial charge on any atom is -0.368 e. The molecule has 4 rings (SSSR count). The second kappa shape index (κ2) is 14.6. The van der Waals surface area contributed by atoms with Crippen LogP contribution in [0.4, 0.5) is 36.4 Å². The Labute approximate surface area is 276 Å². The van der Waals surface area contributed by atoms with Crippen LogP contribution in [0, 0.1) is 5.82 Å². The van der Waals surface area contributed by atoms with Gasteiger partial charge in [-0.1, -0.05) is 24.3 Å². The number of anilines is 1. The normalized spacial score (nSPS) is 14.9. The summed E-state index contributed by atoms with van der Waals surface area (Å²) in [7, 11) is 3.52. The average molecular weight is 696 g/mol. The topological polar surface area (TPSA) is 116 Å². The molecule has 262 valence electrons. The van der Waals surface area contributed by atoms with Crippen LogP contribution in [-0.2, 0) is 28.4 Å². The zero-order chi connectivity index (χ0) is 36.3. The van der Waals surface area contributed by atoms with Gasteiger partial charge in [0, 0.05) is 37.3 Å². The molecule has 1 aliphatic rings. The minimum atomic E-state index is -5.05. The van der Waals surface area contributed by atoms with Gasteiger partial charge in [0.25, 0.3) is 11.8 Å². The first kappa shape index (κ1) is 36.8. The fourth-order valence-corrected chi connectivity index (χ4v) is 5.40. The van der Waals surface area contributed by atoms with E-state index in [0.29, 0.717) is 23.7 Å². The molecule has 0 aliphatic carbocycles. The van der Waals surface area contributed by atoms with Crippen LogP contribution < -0.4 is 11.1 Å². The number of halogens is 7. The third-order valence-electron chi connectivity index (χ3n) is 7.90. The lowest BCUT2D eigenvalue weighted by Gasteiger charge is -2.37. The highest BCUT2D eigenvalue weighted by Gasteiger charge is 2.37. The molecule has 1 heterocycles. The summed E-state index contributed by atoms with van der Waals surface area (Å²) in [5.74, 6) is -4.89. The van der Waals surface area contributed by atoms with E-state index >= 15 is 0 Å². The van der Waals surface area contributed by atoms with Gasteiger partial charge < -0.3 is 25.8 Å². The molecule has 0 spiro atoms. The highest BCUT2D eigenvalue weighted by atomic mass is 19.4. The maximum absolute atomic E-state index is 14.6. The van der Waals surface area contributed by atoms with Gasteiger partial charge in [0.05, 0.1) is 29.3 Å². The van der Waals surface area contributed by atoms with Gasteiger partial charge in [-0.25, -0.2) is 4.39 Å². The predicted octanol–water partition coefficient (Wildman–Crippen LogP) is 5.12. The minimum absolute atomic E-state index is 0.0412. The number of benzene rings is 3. The van der Waals surface area contributed by atoms with Crippen molar-refractivity contribution in [2.45, 2.75) is 31.2 Å². The van der Waals surface area contributed by atoms with E-state index in [9.17, 15) is 49.9 Å². The van der Waals surface area contributed by atoms with Crippen molar-refractivity contribution >= 4 is 29.3 Å². The second-order valence-corrected chi connectivity index (χ2v) is 11.7. The Morgan fingerprint density at radius 3 is 2.20 bits per heavy atom. The SMILES string of the molecule is CN(C)CCN(CC(N)=O)C(=O)CCN1C(=O)c2cc(NC(=O)c3cccc(C(F)(F)F)c3F)ccc2CC1c1ccc(C(F)(F)F)cc1. The second-order valence-electron chi connectivity index (χ2n) is 11.7. The van der Waals surface area contributed by atoms with E-state index in [2.05, 4.69) is 5.32 Å². The van der Waals surface area contributed by atoms with Crippen molar-refractivity contribution < 1.29 is 49.9 Å². The lowest BCUT2D eigenvalue weighted by atomic mass is 9.88. The summed E-state index contributed by atoms with van der Waals surface area (Å²) in [5, 5.41) is 2.30. The van der Waals surface area contributed by atoms with Crippen molar-refractivity contribution in [1.29, 1.82) is 0 Å². The fourth-order valence-electron chi connectivity index (χ4n) is 5.40. The number of hydrogen-bond donors (Lipinski definition) is 2. The maximum atomic E-state index is 14.6. The van der Waals surface area contributed by atoms with Gasteiger partial charge in [-0.05, 0) is 68.0 Å². The number of rotatable bonds is 11. The largest absolute Gasteiger partial charge is 0.419 e. The monoisotopic (exact) mass is 695 g/mol. The Hall–Kier alpha value is -4.99. The standard InChI is InChI=1S/C33H32F7N5O4/c1-43(2)14-15-44(18-27(41)46)28(47)12-13-45-26(19-6-9-21(10-7-19)32(35,36)37)16-20-8-11-22(17-24(20)31(45)49)42-30(48)23-4-3-5-25(29(23)34)33(38,39)40/h3-11,17,26H,12-16,18H2,1-2H3,(H2,41,46)(H,42,48). The van der Waals surface area contributed by atoms with Gasteiger partial charge in [-0.2, -0.15) is 26.3 Å². The molecule has 3 aromatic rings. The number of hydrogen-bond acceptors (Lipinski definition) is 5. The molecule has 0 saturated heterocycles. The Bertz CT molecular complexity index is 1730. The van der Waals surface area contributed by atoms with Crippen LogP contribution in [0.25, 0.3) is 0 Å². The third-order valence-corrected chi connectivity index (χ3v) is 7.90. The lowest BCUT2D eigenvalue weighted by Crippen LogP contribution is -2.45. The number of nitrogens with one attached hydrogen (secondary N) is 1. The summed E-state index contributed by atoms with van der Waals surface area (Å²) in [6.45, 7) is -0.0289. The summed E-state index contributed by atoms with van der Waals surface area (Å²) in [5.41, 5.74) is 2.68. The van der Waals surface area contributed by atoms with Gasteiger partial charge >= 0.3 is 12.4 Å². The summed E-state index contributed by atoms with van der Waals surface area (Å²) in [4.78, 5) is 55.9. The van der Waals surface area contributed by atoms with Crippen LogP contribution in [-0.4, -0.2) is 78.6 Å². The number of nitrogens with two attached hydrogens (primary N) is 1. The molecule has 49 heavy (non-hydrogen) atoms. The molecule has 1 unspecified atom stereocenters. The van der Waals surface area contributed by atoms with E-state index in [1.807, 2.05) is 0 Å². The van der Waals surface area contributed by atoms with Crippen LogP contribution >= 0.6 is 0 Å². The van der Waals surface area contributed by atoms with Crippen LogP contribution in [0.3, 0.4) is 0 Å². The molecule has 4 amide bonds. The Balaban J connectivity index is 1.64. The van der Waals surface area contributed by atoms with E-state index in [1.165, 1.54) is 40.1 Å². The number of nitrogens with zero attached hydrogens (tertiary/aromatic N) is 3. The maximum Gasteiger partial charge on any atom is 0.419 e. The van der Waals surface area contributed by atoms with E-state index in [1.54, 1.807) is 19.0 Å². The number of amides is 4. The first-order valence-electron chi connectivity index (χ1n) is 14.9. The van der Waals surface area contributed by atoms with Gasteiger partial charge in [0.2, 0.25) is 11.8 Å². The third kappa shape index (κ3) is 8.93. The first-order chi connectivity index (χ1) is 22.9. The number of carbonyl (C=O) groups is 4. The van der Waals surface area contributed by atoms with Crippen LogP contribution in [0.1, 0.15) is 55.4 Å². The zero-order valence-electron chi connectivity index (χ0n) is 26.3. The molecular weight excluding hydrogens is 663 g/mol. The average Bonchev–Trinajstić information content (AvgIpc) is 3.01. The highest BCUT2D eigenvalue weighted by Crippen LogP contribution is 2.37. The summed E-state index contributed by atoms with van der Waals surface area (Å²) in [6.07, 6.45) is -9.84. The van der Waals surface area contributed by atoms with Gasteiger partial charge in [0.15, 0.2) is 0 Å². The molecule has 0 aromatic heterocycles. The fraction of sp³-hybridized carbons (Fsp3) is 0.333. The van der Waals surface area contributed by atoms with Crippen LogP contribution in [0.15, 0.2) is 60.7 Å².